The number of halogens is 2. The molecule has 0 amide bonds. The molecular weight excluding hydrogens is 433 g/mol. The van der Waals surface area contributed by atoms with Crippen LogP contribution in [0.1, 0.15) is 5.56 Å². The predicted molar refractivity (Wildman–Crippen MR) is 111 cm³/mol. The second-order valence-corrected chi connectivity index (χ2v) is 8.78. The zero-order valence-corrected chi connectivity index (χ0v) is 16.9. The number of benzene rings is 2. The third-order valence-electron chi connectivity index (χ3n) is 4.21. The Kier molecular flexibility index (Phi) is 4.92. The number of nitrogens with one attached hydrogen (secondary N) is 1. The van der Waals surface area contributed by atoms with E-state index in [0.717, 1.165) is 5.39 Å². The number of allylic oxidation sites excluding steroid dienone is 1. The van der Waals surface area contributed by atoms with Crippen LogP contribution in [0.15, 0.2) is 68.9 Å². The summed E-state index contributed by atoms with van der Waals surface area (Å²) in [5, 5.41) is 17.3. The normalized spacial score (nSPS) is 12.2. The Morgan fingerprint density at radius 2 is 1.97 bits per heavy atom. The van der Waals surface area contributed by atoms with Gasteiger partial charge in [-0.1, -0.05) is 41.4 Å². The quantitative estimate of drug-likeness (QED) is 0.421. The predicted octanol–water partition coefficient (Wildman–Crippen LogP) is 5.47. The third kappa shape index (κ3) is 3.54. The molecule has 2 heterocycles. The molecule has 0 unspecified atom stereocenters. The molecule has 0 atom stereocenters. The number of aromatic amines is 1. The molecule has 1 N–H and O–H groups in total. The molecule has 9 heteroatoms. The van der Waals surface area contributed by atoms with E-state index < -0.39 is 14.7 Å². The van der Waals surface area contributed by atoms with Gasteiger partial charge in [0.15, 0.2) is 5.76 Å². The van der Waals surface area contributed by atoms with Crippen molar-refractivity contribution in [2.75, 3.05) is 0 Å². The lowest BCUT2D eigenvalue weighted by Gasteiger charge is -2.06. The molecule has 0 saturated heterocycles. The molecule has 144 valence electrons. The summed E-state index contributed by atoms with van der Waals surface area (Å²) in [4.78, 5) is -0.742. The molecule has 0 spiro atoms. The van der Waals surface area contributed by atoms with E-state index in [1.165, 1.54) is 30.5 Å². The van der Waals surface area contributed by atoms with Crippen molar-refractivity contribution in [2.45, 2.75) is 4.90 Å². The first-order valence-corrected chi connectivity index (χ1v) is 10.5. The van der Waals surface area contributed by atoms with Crippen LogP contribution in [-0.4, -0.2) is 18.6 Å². The van der Waals surface area contributed by atoms with Gasteiger partial charge >= 0.3 is 0 Å². The Hall–Kier alpha value is -3.05. The third-order valence-corrected chi connectivity index (χ3v) is 6.59. The Bertz CT molecular complexity index is 1380. The maximum Gasteiger partial charge on any atom is 0.218 e. The fourth-order valence-corrected chi connectivity index (χ4v) is 4.73. The fourth-order valence-electron chi connectivity index (χ4n) is 2.82. The van der Waals surface area contributed by atoms with Crippen LogP contribution in [0.4, 0.5) is 0 Å². The second kappa shape index (κ2) is 7.41. The van der Waals surface area contributed by atoms with E-state index >= 15 is 0 Å². The summed E-state index contributed by atoms with van der Waals surface area (Å²) in [7, 11) is -4.19. The lowest BCUT2D eigenvalue weighted by atomic mass is 10.2. The molecule has 4 aromatic rings. The Balaban J connectivity index is 1.82. The van der Waals surface area contributed by atoms with Crippen LogP contribution in [0.5, 0.6) is 0 Å². The highest BCUT2D eigenvalue weighted by atomic mass is 35.5. The summed E-state index contributed by atoms with van der Waals surface area (Å²) in [5.41, 5.74) is 1.49. The topological polar surface area (TPSA) is 99.8 Å². The lowest BCUT2D eigenvalue weighted by Crippen LogP contribution is -2.04. The first kappa shape index (κ1) is 19.3. The molecule has 0 aliphatic rings. The van der Waals surface area contributed by atoms with Gasteiger partial charge in [0.2, 0.25) is 9.84 Å². The van der Waals surface area contributed by atoms with E-state index in [1.54, 1.807) is 12.1 Å². The van der Waals surface area contributed by atoms with Gasteiger partial charge in [-0.15, -0.1) is 0 Å². The number of nitriles is 1. The smallest absolute Gasteiger partial charge is 0.218 e. The average molecular weight is 444 g/mol. The minimum Gasteiger partial charge on any atom is -0.454 e. The van der Waals surface area contributed by atoms with Crippen molar-refractivity contribution < 1.29 is 12.8 Å². The lowest BCUT2D eigenvalue weighted by molar-refractivity contribution is 0.603. The fraction of sp³-hybridized carbons (Fsp3) is 0. The molecule has 29 heavy (non-hydrogen) atoms. The number of nitrogens with zero attached hydrogens (tertiary/aromatic N) is 2. The van der Waals surface area contributed by atoms with E-state index in [1.807, 2.05) is 24.3 Å². The van der Waals surface area contributed by atoms with E-state index in [-0.39, 0.29) is 14.9 Å². The zero-order chi connectivity index (χ0) is 20.6. The molecular formula is C20H11Cl2N3O3S. The van der Waals surface area contributed by atoms with E-state index in [0.29, 0.717) is 22.6 Å². The van der Waals surface area contributed by atoms with Crippen molar-refractivity contribution >= 4 is 50.1 Å². The molecule has 0 aliphatic carbocycles. The van der Waals surface area contributed by atoms with Crippen molar-refractivity contribution in [1.29, 1.82) is 5.26 Å². The first-order chi connectivity index (χ1) is 13.9. The van der Waals surface area contributed by atoms with Gasteiger partial charge in [-0.2, -0.15) is 10.4 Å². The van der Waals surface area contributed by atoms with Crippen molar-refractivity contribution in [3.05, 3.63) is 75.2 Å². The van der Waals surface area contributed by atoms with E-state index in [2.05, 4.69) is 10.2 Å². The SMILES string of the molecule is N#C/C(=C\c1cn[nH]c1-c1cc2ccccc2o1)S(=O)(=O)c1cc(Cl)ccc1Cl. The van der Waals surface area contributed by atoms with Crippen molar-refractivity contribution in [3.63, 3.8) is 0 Å². The second-order valence-electron chi connectivity index (χ2n) is 6.05. The van der Waals surface area contributed by atoms with Crippen LogP contribution in [0.3, 0.4) is 0 Å². The molecule has 2 aromatic carbocycles. The van der Waals surface area contributed by atoms with Gasteiger partial charge in [-0.3, -0.25) is 5.10 Å². The molecule has 0 radical (unpaired) electrons. The zero-order valence-electron chi connectivity index (χ0n) is 14.6. The van der Waals surface area contributed by atoms with Crippen molar-refractivity contribution in [2.24, 2.45) is 0 Å². The Morgan fingerprint density at radius 3 is 2.72 bits per heavy atom. The summed E-state index contributed by atoms with van der Waals surface area (Å²) in [6.07, 6.45) is 2.63. The first-order valence-electron chi connectivity index (χ1n) is 8.24. The highest BCUT2D eigenvalue weighted by Gasteiger charge is 2.25. The molecule has 0 aliphatic heterocycles. The van der Waals surface area contributed by atoms with Gasteiger partial charge < -0.3 is 4.42 Å². The molecule has 0 bridgehead atoms. The standard InChI is InChI=1S/C20H11Cl2N3O3S/c21-14-5-6-16(22)19(9-14)29(26,27)15(10-23)7-13-11-24-25-20(13)18-8-12-3-1-2-4-17(12)28-18/h1-9,11H,(H,24,25)/b15-7+. The number of para-hydroxylation sites is 1. The number of aromatic nitrogens is 2. The van der Waals surface area contributed by atoms with Crippen LogP contribution in [0, 0.1) is 11.3 Å². The Labute approximate surface area is 175 Å². The molecule has 4 rings (SSSR count). The molecule has 2 aromatic heterocycles. The number of fused-ring (bicyclic) bond motifs is 1. The number of furan rings is 1. The van der Waals surface area contributed by atoms with E-state index in [4.69, 9.17) is 27.6 Å². The highest BCUT2D eigenvalue weighted by molar-refractivity contribution is 7.95. The number of sulfone groups is 1. The molecule has 0 saturated carbocycles. The van der Waals surface area contributed by atoms with Crippen LogP contribution >= 0.6 is 23.2 Å². The number of hydrogen-bond acceptors (Lipinski definition) is 5. The Morgan fingerprint density at radius 1 is 1.17 bits per heavy atom. The minimum atomic E-state index is -4.19. The molecule has 6 nitrogen and oxygen atoms in total. The van der Waals surface area contributed by atoms with Crippen LogP contribution < -0.4 is 0 Å². The van der Waals surface area contributed by atoms with Gasteiger partial charge in [-0.05, 0) is 36.4 Å². The van der Waals surface area contributed by atoms with Crippen molar-refractivity contribution in [1.82, 2.24) is 10.2 Å². The highest BCUT2D eigenvalue weighted by Crippen LogP contribution is 2.33. The summed E-state index contributed by atoms with van der Waals surface area (Å²) in [6.45, 7) is 0. The minimum absolute atomic E-state index is 0.0275. The van der Waals surface area contributed by atoms with Gasteiger partial charge in [0.25, 0.3) is 0 Å². The number of rotatable bonds is 4. The number of H-pyrrole nitrogens is 1. The maximum atomic E-state index is 13.0. The number of hydrogen-bond donors (Lipinski definition) is 1. The average Bonchev–Trinajstić information content (AvgIpc) is 3.33. The maximum absolute atomic E-state index is 13.0. The van der Waals surface area contributed by atoms with Gasteiger partial charge in [0.05, 0.1) is 16.1 Å². The van der Waals surface area contributed by atoms with Crippen LogP contribution in [0.25, 0.3) is 28.5 Å². The van der Waals surface area contributed by atoms with Crippen molar-refractivity contribution in [3.8, 4) is 17.5 Å². The molecule has 0 fully saturated rings. The van der Waals surface area contributed by atoms with E-state index in [9.17, 15) is 13.7 Å². The van der Waals surface area contributed by atoms with Crippen LogP contribution in [-0.2, 0) is 9.84 Å². The summed E-state index contributed by atoms with van der Waals surface area (Å²) in [6, 6.07) is 15.0. The van der Waals surface area contributed by atoms with Gasteiger partial charge in [0, 0.05) is 16.0 Å². The largest absolute Gasteiger partial charge is 0.454 e. The summed E-state index contributed by atoms with van der Waals surface area (Å²) < 4.78 is 31.7. The summed E-state index contributed by atoms with van der Waals surface area (Å²) in [5.74, 6) is 0.463. The van der Waals surface area contributed by atoms with Gasteiger partial charge in [0.1, 0.15) is 22.3 Å². The van der Waals surface area contributed by atoms with Gasteiger partial charge in [-0.25, -0.2) is 8.42 Å². The monoisotopic (exact) mass is 443 g/mol. The van der Waals surface area contributed by atoms with Crippen LogP contribution in [0.2, 0.25) is 10.0 Å². The summed E-state index contributed by atoms with van der Waals surface area (Å²) >= 11 is 11.9.